The third-order valence-corrected chi connectivity index (χ3v) is 3.53. The van der Waals surface area contributed by atoms with Crippen LogP contribution in [0.3, 0.4) is 0 Å². The smallest absolute Gasteiger partial charge is 0.229 e. The highest BCUT2D eigenvalue weighted by Gasteiger charge is 2.28. The van der Waals surface area contributed by atoms with E-state index in [1.807, 2.05) is 0 Å². The Morgan fingerprint density at radius 2 is 2.42 bits per heavy atom. The van der Waals surface area contributed by atoms with Gasteiger partial charge in [-0.25, -0.2) is 4.98 Å². The molecular weight excluding hydrogens is 244 g/mol. The molecule has 1 atom stereocenters. The Bertz CT molecular complexity index is 425. The summed E-state index contributed by atoms with van der Waals surface area (Å²) in [4.78, 5) is 11.0. The zero-order chi connectivity index (χ0) is 13.1. The SMILES string of the molecule is COc1ccnc(N2CCOCC2CNC2CC2)n1. The normalized spacial score (nSPS) is 23.4. The second kappa shape index (κ2) is 5.71. The van der Waals surface area contributed by atoms with E-state index in [4.69, 9.17) is 9.47 Å². The van der Waals surface area contributed by atoms with Crippen LogP contribution in [-0.4, -0.2) is 55.5 Å². The van der Waals surface area contributed by atoms with E-state index in [0.717, 1.165) is 32.3 Å². The molecule has 2 heterocycles. The third kappa shape index (κ3) is 3.13. The Morgan fingerprint density at radius 1 is 1.53 bits per heavy atom. The minimum absolute atomic E-state index is 0.293. The van der Waals surface area contributed by atoms with Gasteiger partial charge in [0.05, 0.1) is 26.4 Å². The molecule has 1 saturated heterocycles. The van der Waals surface area contributed by atoms with Crippen molar-refractivity contribution in [3.05, 3.63) is 12.3 Å². The zero-order valence-electron chi connectivity index (χ0n) is 11.2. The quantitative estimate of drug-likeness (QED) is 0.833. The van der Waals surface area contributed by atoms with Crippen molar-refractivity contribution in [3.8, 4) is 5.88 Å². The van der Waals surface area contributed by atoms with E-state index in [1.165, 1.54) is 12.8 Å². The molecule has 0 amide bonds. The van der Waals surface area contributed by atoms with Crippen molar-refractivity contribution in [3.63, 3.8) is 0 Å². The number of hydrogen-bond donors (Lipinski definition) is 1. The first kappa shape index (κ1) is 12.6. The number of rotatable bonds is 5. The number of nitrogens with zero attached hydrogens (tertiary/aromatic N) is 3. The van der Waals surface area contributed by atoms with Crippen LogP contribution in [0.1, 0.15) is 12.8 Å². The molecule has 1 unspecified atom stereocenters. The lowest BCUT2D eigenvalue weighted by atomic mass is 10.2. The number of anilines is 1. The molecule has 1 aliphatic carbocycles. The van der Waals surface area contributed by atoms with Crippen molar-refractivity contribution in [1.82, 2.24) is 15.3 Å². The standard InChI is InChI=1S/C13H20N4O2/c1-18-12-4-5-14-13(16-12)17-6-7-19-9-11(17)8-15-10-2-3-10/h4-5,10-11,15H,2-3,6-9H2,1H3. The summed E-state index contributed by atoms with van der Waals surface area (Å²) in [6, 6.07) is 2.76. The van der Waals surface area contributed by atoms with E-state index < -0.39 is 0 Å². The molecule has 6 nitrogen and oxygen atoms in total. The Hall–Kier alpha value is -1.40. The van der Waals surface area contributed by atoms with Crippen LogP contribution in [0.4, 0.5) is 5.95 Å². The van der Waals surface area contributed by atoms with E-state index in [1.54, 1.807) is 19.4 Å². The summed E-state index contributed by atoms with van der Waals surface area (Å²) >= 11 is 0. The van der Waals surface area contributed by atoms with Crippen LogP contribution in [-0.2, 0) is 4.74 Å². The van der Waals surface area contributed by atoms with Gasteiger partial charge in [-0.2, -0.15) is 4.98 Å². The summed E-state index contributed by atoms with van der Waals surface area (Å²) in [6.07, 6.45) is 4.33. The van der Waals surface area contributed by atoms with Gasteiger partial charge in [0, 0.05) is 31.4 Å². The molecule has 0 radical (unpaired) electrons. The topological polar surface area (TPSA) is 59.5 Å². The molecule has 6 heteroatoms. The average molecular weight is 264 g/mol. The molecule has 1 N–H and O–H groups in total. The highest BCUT2D eigenvalue weighted by Crippen LogP contribution is 2.21. The minimum Gasteiger partial charge on any atom is -0.481 e. The van der Waals surface area contributed by atoms with E-state index >= 15 is 0 Å². The Balaban J connectivity index is 1.70. The second-order valence-corrected chi connectivity index (χ2v) is 5.00. The number of ether oxygens (including phenoxy) is 2. The highest BCUT2D eigenvalue weighted by molar-refractivity contribution is 5.34. The second-order valence-electron chi connectivity index (χ2n) is 5.00. The van der Waals surface area contributed by atoms with Crippen LogP contribution >= 0.6 is 0 Å². The average Bonchev–Trinajstić information content (AvgIpc) is 3.30. The molecule has 0 spiro atoms. The number of methoxy groups -OCH3 is 1. The molecule has 1 aromatic rings. The molecule has 0 bridgehead atoms. The van der Waals surface area contributed by atoms with Gasteiger partial charge in [0.15, 0.2) is 0 Å². The van der Waals surface area contributed by atoms with Gasteiger partial charge in [0.25, 0.3) is 0 Å². The van der Waals surface area contributed by atoms with Crippen LogP contribution in [0.15, 0.2) is 12.3 Å². The molecule has 1 aromatic heterocycles. The van der Waals surface area contributed by atoms with Crippen molar-refractivity contribution >= 4 is 5.95 Å². The van der Waals surface area contributed by atoms with E-state index in [9.17, 15) is 0 Å². The predicted octanol–water partition coefficient (Wildman–Crippen LogP) is 0.442. The van der Waals surface area contributed by atoms with Crippen molar-refractivity contribution in [1.29, 1.82) is 0 Å². The maximum atomic E-state index is 5.57. The third-order valence-electron chi connectivity index (χ3n) is 3.53. The fraction of sp³-hybridized carbons (Fsp3) is 0.692. The van der Waals surface area contributed by atoms with Gasteiger partial charge in [-0.3, -0.25) is 0 Å². The summed E-state index contributed by atoms with van der Waals surface area (Å²) in [7, 11) is 1.62. The van der Waals surface area contributed by atoms with Gasteiger partial charge < -0.3 is 19.7 Å². The van der Waals surface area contributed by atoms with E-state index in [0.29, 0.717) is 18.0 Å². The van der Waals surface area contributed by atoms with E-state index in [2.05, 4.69) is 20.2 Å². The van der Waals surface area contributed by atoms with Crippen molar-refractivity contribution < 1.29 is 9.47 Å². The first-order valence-corrected chi connectivity index (χ1v) is 6.81. The predicted molar refractivity (Wildman–Crippen MR) is 71.6 cm³/mol. The fourth-order valence-corrected chi connectivity index (χ4v) is 2.26. The van der Waals surface area contributed by atoms with Crippen LogP contribution in [0.2, 0.25) is 0 Å². The number of morpholine rings is 1. The monoisotopic (exact) mass is 264 g/mol. The maximum absolute atomic E-state index is 5.57. The summed E-state index contributed by atoms with van der Waals surface area (Å²) in [6.45, 7) is 3.19. The first-order chi connectivity index (χ1) is 9.36. The molecule has 3 rings (SSSR count). The van der Waals surface area contributed by atoms with Gasteiger partial charge in [0.1, 0.15) is 0 Å². The van der Waals surface area contributed by atoms with Crippen molar-refractivity contribution in [2.75, 3.05) is 38.3 Å². The molecule has 19 heavy (non-hydrogen) atoms. The molecule has 2 aliphatic rings. The lowest BCUT2D eigenvalue weighted by Gasteiger charge is -2.35. The number of nitrogens with one attached hydrogen (secondary N) is 1. The summed E-state index contributed by atoms with van der Waals surface area (Å²) in [5.74, 6) is 1.33. The van der Waals surface area contributed by atoms with E-state index in [-0.39, 0.29) is 0 Å². The largest absolute Gasteiger partial charge is 0.481 e. The van der Waals surface area contributed by atoms with Gasteiger partial charge in [-0.05, 0) is 12.8 Å². The molecule has 1 saturated carbocycles. The zero-order valence-corrected chi connectivity index (χ0v) is 11.2. The Kier molecular flexibility index (Phi) is 3.79. The van der Waals surface area contributed by atoms with Gasteiger partial charge in [-0.1, -0.05) is 0 Å². The van der Waals surface area contributed by atoms with Gasteiger partial charge in [-0.15, -0.1) is 0 Å². The first-order valence-electron chi connectivity index (χ1n) is 6.81. The molecule has 104 valence electrons. The van der Waals surface area contributed by atoms with Gasteiger partial charge in [0.2, 0.25) is 11.8 Å². The van der Waals surface area contributed by atoms with Crippen LogP contribution in [0, 0.1) is 0 Å². The van der Waals surface area contributed by atoms with Gasteiger partial charge >= 0.3 is 0 Å². The number of aromatic nitrogens is 2. The van der Waals surface area contributed by atoms with Crippen LogP contribution in [0.5, 0.6) is 5.88 Å². The molecule has 1 aliphatic heterocycles. The Labute approximate surface area is 113 Å². The minimum atomic E-state index is 0.293. The number of hydrogen-bond acceptors (Lipinski definition) is 6. The highest BCUT2D eigenvalue weighted by atomic mass is 16.5. The van der Waals surface area contributed by atoms with Crippen molar-refractivity contribution in [2.45, 2.75) is 24.9 Å². The summed E-state index contributed by atoms with van der Waals surface area (Å²) in [5.41, 5.74) is 0. The summed E-state index contributed by atoms with van der Waals surface area (Å²) < 4.78 is 10.7. The molecule has 2 fully saturated rings. The van der Waals surface area contributed by atoms with Crippen LogP contribution in [0.25, 0.3) is 0 Å². The Morgan fingerprint density at radius 3 is 3.21 bits per heavy atom. The van der Waals surface area contributed by atoms with Crippen molar-refractivity contribution in [2.24, 2.45) is 0 Å². The van der Waals surface area contributed by atoms with Crippen LogP contribution < -0.4 is 15.0 Å². The maximum Gasteiger partial charge on any atom is 0.229 e. The molecule has 0 aromatic carbocycles. The lowest BCUT2D eigenvalue weighted by Crippen LogP contribution is -2.51. The lowest BCUT2D eigenvalue weighted by molar-refractivity contribution is 0.0927. The summed E-state index contributed by atoms with van der Waals surface area (Å²) in [5, 5.41) is 3.55. The fourth-order valence-electron chi connectivity index (χ4n) is 2.26. The molecular formula is C13H20N4O2.